The van der Waals surface area contributed by atoms with Crippen LogP contribution in [0.3, 0.4) is 0 Å². The predicted molar refractivity (Wildman–Crippen MR) is 78.8 cm³/mol. The molecule has 0 saturated carbocycles. The summed E-state index contributed by atoms with van der Waals surface area (Å²) < 4.78 is 5.61. The molecule has 20 heavy (non-hydrogen) atoms. The second kappa shape index (κ2) is 5.19. The van der Waals surface area contributed by atoms with Crippen molar-refractivity contribution in [2.24, 2.45) is 0 Å². The highest BCUT2D eigenvalue weighted by atomic mass is 16.5. The van der Waals surface area contributed by atoms with Gasteiger partial charge in [0.1, 0.15) is 11.4 Å². The summed E-state index contributed by atoms with van der Waals surface area (Å²) in [6.45, 7) is 8.91. The molecule has 1 aliphatic heterocycles. The quantitative estimate of drug-likeness (QED) is 0.867. The Hall–Kier alpha value is -1.98. The molecule has 1 aromatic rings. The molecular formula is C14H22N4O2. The number of rotatable bonds is 3. The van der Waals surface area contributed by atoms with E-state index >= 15 is 0 Å². The molecule has 0 aliphatic carbocycles. The van der Waals surface area contributed by atoms with E-state index in [1.165, 1.54) is 0 Å². The van der Waals surface area contributed by atoms with Gasteiger partial charge in [-0.2, -0.15) is 4.98 Å². The van der Waals surface area contributed by atoms with Crippen LogP contribution in [0.2, 0.25) is 0 Å². The predicted octanol–water partition coefficient (Wildman–Crippen LogP) is 1.17. The van der Waals surface area contributed by atoms with Crippen molar-refractivity contribution < 1.29 is 9.53 Å². The molecule has 0 unspecified atom stereocenters. The number of piperazine rings is 1. The second-order valence-corrected chi connectivity index (χ2v) is 5.70. The molecule has 6 nitrogen and oxygen atoms in total. The molecule has 1 aromatic heterocycles. The first-order valence-corrected chi connectivity index (χ1v) is 6.81. The first kappa shape index (κ1) is 14.4. The Bertz CT molecular complexity index is 514. The van der Waals surface area contributed by atoms with E-state index in [0.29, 0.717) is 30.5 Å². The van der Waals surface area contributed by atoms with Crippen LogP contribution in [0.5, 0.6) is 5.88 Å². The van der Waals surface area contributed by atoms with Crippen molar-refractivity contribution >= 4 is 17.4 Å². The number of nitrogens with two attached hydrogens (primary N) is 1. The number of carbonyl (C=O) groups excluding carboxylic acids is 1. The molecule has 0 atom stereocenters. The molecular weight excluding hydrogens is 256 g/mol. The third-order valence-corrected chi connectivity index (χ3v) is 3.35. The number of amides is 1. The highest BCUT2D eigenvalue weighted by Gasteiger charge is 2.38. The largest absolute Gasteiger partial charge is 0.473 e. The first-order chi connectivity index (χ1) is 9.32. The molecule has 2 heterocycles. The minimum atomic E-state index is -0.642. The molecule has 1 amide bonds. The van der Waals surface area contributed by atoms with Gasteiger partial charge in [-0.15, -0.1) is 0 Å². The lowest BCUT2D eigenvalue weighted by Crippen LogP contribution is -2.62. The van der Waals surface area contributed by atoms with Crippen molar-refractivity contribution in [3.63, 3.8) is 0 Å². The first-order valence-electron chi connectivity index (χ1n) is 6.81. The zero-order chi connectivity index (χ0) is 14.9. The van der Waals surface area contributed by atoms with Gasteiger partial charge < -0.3 is 20.7 Å². The minimum absolute atomic E-state index is 0.00212. The zero-order valence-corrected chi connectivity index (χ0v) is 12.4. The lowest BCUT2D eigenvalue weighted by atomic mass is 9.99. The average molecular weight is 278 g/mol. The molecule has 0 radical (unpaired) electrons. The second-order valence-electron chi connectivity index (χ2n) is 5.70. The van der Waals surface area contributed by atoms with Gasteiger partial charge >= 0.3 is 0 Å². The smallest absolute Gasteiger partial charge is 0.245 e. The van der Waals surface area contributed by atoms with Crippen LogP contribution in [0.4, 0.5) is 11.5 Å². The molecule has 3 N–H and O–H groups in total. The van der Waals surface area contributed by atoms with Crippen LogP contribution in [0, 0.1) is 0 Å². The number of anilines is 2. The lowest BCUT2D eigenvalue weighted by molar-refractivity contribution is -0.126. The fourth-order valence-electron chi connectivity index (χ4n) is 2.21. The molecule has 0 bridgehead atoms. The Morgan fingerprint density at radius 3 is 2.80 bits per heavy atom. The van der Waals surface area contributed by atoms with E-state index in [0.717, 1.165) is 0 Å². The van der Waals surface area contributed by atoms with Gasteiger partial charge in [0.25, 0.3) is 0 Å². The van der Waals surface area contributed by atoms with Gasteiger partial charge in [-0.1, -0.05) is 0 Å². The van der Waals surface area contributed by atoms with E-state index in [2.05, 4.69) is 10.3 Å². The summed E-state index contributed by atoms with van der Waals surface area (Å²) in [5.74, 6) is 1.11. The maximum Gasteiger partial charge on any atom is 0.245 e. The Kier molecular flexibility index (Phi) is 3.74. The third-order valence-electron chi connectivity index (χ3n) is 3.35. The Morgan fingerprint density at radius 2 is 2.15 bits per heavy atom. The summed E-state index contributed by atoms with van der Waals surface area (Å²) in [5.41, 5.74) is 5.74. The number of hydrogen-bond acceptors (Lipinski definition) is 5. The van der Waals surface area contributed by atoms with Crippen molar-refractivity contribution in [3.05, 3.63) is 12.1 Å². The monoisotopic (exact) mass is 278 g/mol. The molecule has 2 rings (SSSR count). The van der Waals surface area contributed by atoms with Crippen molar-refractivity contribution in [2.45, 2.75) is 39.3 Å². The summed E-state index contributed by atoms with van der Waals surface area (Å²) >= 11 is 0. The Morgan fingerprint density at radius 1 is 1.45 bits per heavy atom. The summed E-state index contributed by atoms with van der Waals surface area (Å²) in [4.78, 5) is 18.4. The van der Waals surface area contributed by atoms with Gasteiger partial charge in [0.05, 0.1) is 11.8 Å². The number of ether oxygens (including phenoxy) is 1. The van der Waals surface area contributed by atoms with E-state index in [9.17, 15) is 4.79 Å². The topological polar surface area (TPSA) is 80.5 Å². The van der Waals surface area contributed by atoms with Crippen LogP contribution in [-0.4, -0.2) is 35.6 Å². The number of nitrogen functional groups attached to an aromatic ring is 1. The highest BCUT2D eigenvalue weighted by Crippen LogP contribution is 2.29. The molecule has 0 aromatic carbocycles. The van der Waals surface area contributed by atoms with Crippen LogP contribution >= 0.6 is 0 Å². The van der Waals surface area contributed by atoms with E-state index < -0.39 is 5.54 Å². The SMILES string of the molecule is CC(C)Oc1nc(N2CCNC(=O)C2(C)C)ccc1N. The van der Waals surface area contributed by atoms with Crippen LogP contribution in [0.25, 0.3) is 0 Å². The van der Waals surface area contributed by atoms with E-state index in [1.54, 1.807) is 6.07 Å². The van der Waals surface area contributed by atoms with Crippen molar-refractivity contribution in [2.75, 3.05) is 23.7 Å². The fourth-order valence-corrected chi connectivity index (χ4v) is 2.21. The Labute approximate surface area is 119 Å². The van der Waals surface area contributed by atoms with Gasteiger partial charge in [0.15, 0.2) is 0 Å². The average Bonchev–Trinajstić information content (AvgIpc) is 2.35. The summed E-state index contributed by atoms with van der Waals surface area (Å²) in [6, 6.07) is 3.59. The van der Waals surface area contributed by atoms with E-state index in [-0.39, 0.29) is 12.0 Å². The van der Waals surface area contributed by atoms with Gasteiger partial charge in [0.2, 0.25) is 11.8 Å². The van der Waals surface area contributed by atoms with Crippen LogP contribution in [-0.2, 0) is 4.79 Å². The lowest BCUT2D eigenvalue weighted by Gasteiger charge is -2.42. The van der Waals surface area contributed by atoms with E-state index in [4.69, 9.17) is 10.5 Å². The van der Waals surface area contributed by atoms with Crippen LogP contribution < -0.4 is 20.7 Å². The van der Waals surface area contributed by atoms with Crippen LogP contribution in [0.15, 0.2) is 12.1 Å². The number of hydrogen-bond donors (Lipinski definition) is 2. The van der Waals surface area contributed by atoms with Gasteiger partial charge in [-0.3, -0.25) is 4.79 Å². The third kappa shape index (κ3) is 2.64. The van der Waals surface area contributed by atoms with Gasteiger partial charge in [-0.25, -0.2) is 0 Å². The molecule has 1 saturated heterocycles. The number of carbonyl (C=O) groups is 1. The van der Waals surface area contributed by atoms with Crippen molar-refractivity contribution in [1.29, 1.82) is 0 Å². The molecule has 1 fully saturated rings. The van der Waals surface area contributed by atoms with Gasteiger partial charge in [-0.05, 0) is 39.8 Å². The van der Waals surface area contributed by atoms with Crippen molar-refractivity contribution in [3.8, 4) is 5.88 Å². The van der Waals surface area contributed by atoms with Crippen LogP contribution in [0.1, 0.15) is 27.7 Å². The minimum Gasteiger partial charge on any atom is -0.473 e. The molecule has 1 aliphatic rings. The highest BCUT2D eigenvalue weighted by molar-refractivity contribution is 5.90. The molecule has 0 spiro atoms. The van der Waals surface area contributed by atoms with Crippen molar-refractivity contribution in [1.82, 2.24) is 10.3 Å². The summed E-state index contributed by atoms with van der Waals surface area (Å²) in [7, 11) is 0. The maximum absolute atomic E-state index is 12.0. The summed E-state index contributed by atoms with van der Waals surface area (Å²) in [5, 5.41) is 2.87. The Balaban J connectivity index is 2.35. The fraction of sp³-hybridized carbons (Fsp3) is 0.571. The number of nitrogens with one attached hydrogen (secondary N) is 1. The molecule has 6 heteroatoms. The number of pyridine rings is 1. The summed E-state index contributed by atoms with van der Waals surface area (Å²) in [6.07, 6.45) is -0.00212. The molecule has 110 valence electrons. The standard InChI is InChI=1S/C14H22N4O2/c1-9(2)20-12-10(15)5-6-11(17-12)18-8-7-16-13(19)14(18,3)4/h5-6,9H,7-8,15H2,1-4H3,(H,16,19). The maximum atomic E-state index is 12.0. The number of aromatic nitrogens is 1. The zero-order valence-electron chi connectivity index (χ0n) is 12.4. The van der Waals surface area contributed by atoms with Gasteiger partial charge in [0, 0.05) is 13.1 Å². The normalized spacial score (nSPS) is 18.1. The van der Waals surface area contributed by atoms with E-state index in [1.807, 2.05) is 38.7 Å². The number of nitrogens with zero attached hydrogens (tertiary/aromatic N) is 2.